The van der Waals surface area contributed by atoms with Crippen LogP contribution in [0.2, 0.25) is 0 Å². The third-order valence-corrected chi connectivity index (χ3v) is 4.98. The van der Waals surface area contributed by atoms with Crippen molar-refractivity contribution in [1.29, 1.82) is 0 Å². The first-order valence-electron chi connectivity index (χ1n) is 6.89. The lowest BCUT2D eigenvalue weighted by Gasteiger charge is -2.03. The molecule has 8 heteroatoms. The van der Waals surface area contributed by atoms with Gasteiger partial charge in [0, 0.05) is 17.6 Å². The maximum Gasteiger partial charge on any atom is 0.180 e. The maximum absolute atomic E-state index is 13.3. The van der Waals surface area contributed by atoms with Crippen LogP contribution in [-0.2, 0) is 15.6 Å². The summed E-state index contributed by atoms with van der Waals surface area (Å²) >= 11 is 1.30. The Hall–Kier alpha value is -2.19. The number of hydrogen-bond acceptors (Lipinski definition) is 5. The second-order valence-corrected chi connectivity index (χ2v) is 7.89. The van der Waals surface area contributed by atoms with Gasteiger partial charge in [0.2, 0.25) is 0 Å². The maximum atomic E-state index is 13.3. The predicted octanol–water partition coefficient (Wildman–Crippen LogP) is 2.81. The molecule has 126 valence electrons. The van der Waals surface area contributed by atoms with Crippen molar-refractivity contribution in [3.63, 3.8) is 0 Å². The molecule has 0 amide bonds. The Bertz CT molecular complexity index is 866. The molecule has 0 aliphatic heterocycles. The SMILES string of the molecule is CS(=O)(=O)c1ccc(F)cc1C=NN=C(N)SCc1ccccc1. The van der Waals surface area contributed by atoms with Gasteiger partial charge in [-0.25, -0.2) is 12.8 Å². The summed E-state index contributed by atoms with van der Waals surface area (Å²) in [4.78, 5) is -0.0154. The summed E-state index contributed by atoms with van der Waals surface area (Å²) in [7, 11) is -3.49. The highest BCUT2D eigenvalue weighted by Crippen LogP contribution is 2.16. The van der Waals surface area contributed by atoms with E-state index in [1.165, 1.54) is 24.0 Å². The Morgan fingerprint density at radius 3 is 2.62 bits per heavy atom. The minimum absolute atomic E-state index is 0.0154. The fraction of sp³-hybridized carbons (Fsp3) is 0.125. The molecule has 2 N–H and O–H groups in total. The summed E-state index contributed by atoms with van der Waals surface area (Å²) in [6.45, 7) is 0. The minimum atomic E-state index is -3.49. The first-order valence-corrected chi connectivity index (χ1v) is 9.77. The summed E-state index contributed by atoms with van der Waals surface area (Å²) in [5, 5.41) is 7.78. The van der Waals surface area contributed by atoms with E-state index >= 15 is 0 Å². The molecule has 0 saturated heterocycles. The van der Waals surface area contributed by atoms with Crippen LogP contribution in [0.25, 0.3) is 0 Å². The lowest BCUT2D eigenvalue weighted by molar-refractivity contribution is 0.600. The molecule has 0 aliphatic rings. The monoisotopic (exact) mass is 365 g/mol. The highest BCUT2D eigenvalue weighted by atomic mass is 32.2. The van der Waals surface area contributed by atoms with Gasteiger partial charge < -0.3 is 5.73 Å². The van der Waals surface area contributed by atoms with Crippen molar-refractivity contribution in [3.8, 4) is 0 Å². The highest BCUT2D eigenvalue weighted by molar-refractivity contribution is 8.13. The molecule has 0 aromatic heterocycles. The molecule has 2 aromatic rings. The van der Waals surface area contributed by atoms with E-state index in [1.54, 1.807) is 0 Å². The zero-order valence-electron chi connectivity index (χ0n) is 12.9. The van der Waals surface area contributed by atoms with E-state index < -0.39 is 15.7 Å². The van der Waals surface area contributed by atoms with Crippen LogP contribution in [-0.4, -0.2) is 26.1 Å². The molecule has 0 fully saturated rings. The average molecular weight is 365 g/mol. The van der Waals surface area contributed by atoms with E-state index in [1.807, 2.05) is 30.3 Å². The van der Waals surface area contributed by atoms with Crippen molar-refractivity contribution in [3.05, 3.63) is 65.5 Å². The van der Waals surface area contributed by atoms with Crippen molar-refractivity contribution in [2.75, 3.05) is 6.26 Å². The summed E-state index contributed by atoms with van der Waals surface area (Å²) in [5.74, 6) is 0.0829. The topological polar surface area (TPSA) is 84.9 Å². The molecule has 0 heterocycles. The van der Waals surface area contributed by atoms with Crippen LogP contribution < -0.4 is 5.73 Å². The van der Waals surface area contributed by atoms with E-state index in [-0.39, 0.29) is 15.6 Å². The first-order chi connectivity index (χ1) is 11.4. The molecular weight excluding hydrogens is 349 g/mol. The number of amidine groups is 1. The van der Waals surface area contributed by atoms with Gasteiger partial charge in [0.15, 0.2) is 15.0 Å². The molecule has 24 heavy (non-hydrogen) atoms. The van der Waals surface area contributed by atoms with Gasteiger partial charge >= 0.3 is 0 Å². The summed E-state index contributed by atoms with van der Waals surface area (Å²) in [6, 6.07) is 13.1. The van der Waals surface area contributed by atoms with E-state index in [0.29, 0.717) is 5.75 Å². The molecule has 2 aromatic carbocycles. The van der Waals surface area contributed by atoms with Gasteiger partial charge in [-0.1, -0.05) is 42.1 Å². The normalized spacial score (nSPS) is 12.7. The number of benzene rings is 2. The minimum Gasteiger partial charge on any atom is -0.377 e. The molecule has 0 atom stereocenters. The van der Waals surface area contributed by atoms with Gasteiger partial charge in [-0.3, -0.25) is 0 Å². The molecule has 5 nitrogen and oxygen atoms in total. The van der Waals surface area contributed by atoms with Crippen LogP contribution >= 0.6 is 11.8 Å². The Kier molecular flexibility index (Phi) is 6.10. The number of hydrogen-bond donors (Lipinski definition) is 1. The Labute approximate surface area is 144 Å². The molecule has 0 bridgehead atoms. The smallest absolute Gasteiger partial charge is 0.180 e. The van der Waals surface area contributed by atoms with Crippen molar-refractivity contribution < 1.29 is 12.8 Å². The van der Waals surface area contributed by atoms with Crippen molar-refractivity contribution in [1.82, 2.24) is 0 Å². The number of halogens is 1. The number of nitrogens with zero attached hydrogens (tertiary/aromatic N) is 2. The summed E-state index contributed by atoms with van der Waals surface area (Å²) < 4.78 is 36.7. The molecule has 0 radical (unpaired) electrons. The number of thioether (sulfide) groups is 1. The van der Waals surface area contributed by atoms with Crippen LogP contribution in [0.1, 0.15) is 11.1 Å². The average Bonchev–Trinajstić information content (AvgIpc) is 2.53. The Balaban J connectivity index is 2.09. The Morgan fingerprint density at radius 2 is 1.96 bits per heavy atom. The lowest BCUT2D eigenvalue weighted by Crippen LogP contribution is -2.06. The second kappa shape index (κ2) is 8.07. The van der Waals surface area contributed by atoms with Gasteiger partial charge in [-0.2, -0.15) is 5.10 Å². The molecule has 0 saturated carbocycles. The molecule has 0 aliphatic carbocycles. The zero-order valence-corrected chi connectivity index (χ0v) is 14.5. The quantitative estimate of drug-likeness (QED) is 0.382. The molecular formula is C16H16FN3O2S2. The number of rotatable bonds is 5. The van der Waals surface area contributed by atoms with E-state index in [2.05, 4.69) is 10.2 Å². The van der Waals surface area contributed by atoms with Gasteiger partial charge in [0.1, 0.15) is 5.82 Å². The molecule has 0 unspecified atom stereocenters. The zero-order chi connectivity index (χ0) is 17.6. The van der Waals surface area contributed by atoms with Gasteiger partial charge in [-0.15, -0.1) is 5.10 Å². The van der Waals surface area contributed by atoms with Crippen molar-refractivity contribution in [2.24, 2.45) is 15.9 Å². The number of nitrogens with two attached hydrogens (primary N) is 1. The fourth-order valence-corrected chi connectivity index (χ4v) is 3.33. The van der Waals surface area contributed by atoms with Crippen LogP contribution in [0.15, 0.2) is 63.6 Å². The Morgan fingerprint density at radius 1 is 1.25 bits per heavy atom. The van der Waals surface area contributed by atoms with Gasteiger partial charge in [0.25, 0.3) is 0 Å². The van der Waals surface area contributed by atoms with E-state index in [9.17, 15) is 12.8 Å². The lowest BCUT2D eigenvalue weighted by atomic mass is 10.2. The fourth-order valence-electron chi connectivity index (χ4n) is 1.87. The third-order valence-electron chi connectivity index (χ3n) is 2.95. The van der Waals surface area contributed by atoms with Crippen LogP contribution in [0.3, 0.4) is 0 Å². The van der Waals surface area contributed by atoms with Gasteiger partial charge in [-0.05, 0) is 23.8 Å². The molecule has 0 spiro atoms. The van der Waals surface area contributed by atoms with Crippen LogP contribution in [0.5, 0.6) is 0 Å². The van der Waals surface area contributed by atoms with Crippen LogP contribution in [0, 0.1) is 5.82 Å². The number of sulfone groups is 1. The standard InChI is InChI=1S/C16H16FN3O2S2/c1-24(21,22)15-8-7-14(17)9-13(15)10-19-20-16(18)23-11-12-5-3-2-4-6-12/h2-10H,11H2,1H3,(H2,18,20). The first kappa shape index (κ1) is 18.2. The van der Waals surface area contributed by atoms with Crippen molar-refractivity contribution >= 4 is 33.0 Å². The predicted molar refractivity (Wildman–Crippen MR) is 96.5 cm³/mol. The third kappa shape index (κ3) is 5.47. The summed E-state index contributed by atoms with van der Waals surface area (Å²) in [6.07, 6.45) is 2.22. The van der Waals surface area contributed by atoms with Crippen LogP contribution in [0.4, 0.5) is 4.39 Å². The largest absolute Gasteiger partial charge is 0.377 e. The summed E-state index contributed by atoms with van der Waals surface area (Å²) in [5.41, 5.74) is 6.97. The molecule has 2 rings (SSSR count). The van der Waals surface area contributed by atoms with Crippen molar-refractivity contribution in [2.45, 2.75) is 10.6 Å². The van der Waals surface area contributed by atoms with Gasteiger partial charge in [0.05, 0.1) is 11.1 Å². The highest BCUT2D eigenvalue weighted by Gasteiger charge is 2.12. The second-order valence-electron chi connectivity index (χ2n) is 4.91. The van der Waals surface area contributed by atoms with E-state index in [0.717, 1.165) is 24.0 Å². The van der Waals surface area contributed by atoms with E-state index in [4.69, 9.17) is 5.73 Å².